The molecule has 0 spiro atoms. The molecule has 4 rings (SSSR count). The summed E-state index contributed by atoms with van der Waals surface area (Å²) in [5, 5.41) is 23.3. The molecule has 8 heteroatoms. The van der Waals surface area contributed by atoms with Gasteiger partial charge in [-0.15, -0.1) is 0 Å². The van der Waals surface area contributed by atoms with E-state index in [1.54, 1.807) is 17.1 Å². The Bertz CT molecular complexity index is 923. The number of para-hydroxylation sites is 1. The highest BCUT2D eigenvalue weighted by molar-refractivity contribution is 5.96. The number of nitrogens with zero attached hydrogens (tertiary/aromatic N) is 1. The van der Waals surface area contributed by atoms with Crippen LogP contribution in [0, 0.1) is 0 Å². The molecule has 1 saturated heterocycles. The second-order valence-corrected chi connectivity index (χ2v) is 8.62. The maximum Gasteiger partial charge on any atom is 0.247 e. The molecular formula is C25H32N2O6. The zero-order chi connectivity index (χ0) is 23.4. The fourth-order valence-corrected chi connectivity index (χ4v) is 4.87. The fraction of sp³-hybridized carbons (Fsp3) is 0.520. The number of rotatable bonds is 8. The maximum absolute atomic E-state index is 13.2. The molecule has 0 unspecified atom stereocenters. The molecule has 1 aromatic carbocycles. The van der Waals surface area contributed by atoms with E-state index in [0.717, 1.165) is 18.4 Å². The van der Waals surface area contributed by atoms with E-state index in [4.69, 9.17) is 9.47 Å². The number of ether oxygens (including phenoxy) is 2. The highest BCUT2D eigenvalue weighted by Crippen LogP contribution is 2.47. The molecule has 178 valence electrons. The molecule has 33 heavy (non-hydrogen) atoms. The predicted octanol–water partition coefficient (Wildman–Crippen LogP) is 1.28. The smallest absolute Gasteiger partial charge is 0.247 e. The summed E-state index contributed by atoms with van der Waals surface area (Å²) in [5.41, 5.74) is 1.26. The second-order valence-electron chi connectivity index (χ2n) is 8.62. The molecule has 2 aliphatic heterocycles. The van der Waals surface area contributed by atoms with Crippen molar-refractivity contribution in [2.75, 3.05) is 26.3 Å². The van der Waals surface area contributed by atoms with Crippen molar-refractivity contribution in [2.45, 2.75) is 56.5 Å². The summed E-state index contributed by atoms with van der Waals surface area (Å²) in [5.74, 6) is -0.422. The van der Waals surface area contributed by atoms with Crippen molar-refractivity contribution in [2.24, 2.45) is 0 Å². The topological polar surface area (TPSA) is 108 Å². The van der Waals surface area contributed by atoms with Crippen LogP contribution in [0.15, 0.2) is 48.1 Å². The van der Waals surface area contributed by atoms with Crippen LogP contribution in [-0.4, -0.2) is 77.6 Å². The van der Waals surface area contributed by atoms with E-state index in [0.29, 0.717) is 30.9 Å². The number of benzene rings is 1. The van der Waals surface area contributed by atoms with Crippen molar-refractivity contribution in [3.8, 4) is 5.75 Å². The summed E-state index contributed by atoms with van der Waals surface area (Å²) < 4.78 is 11.9. The van der Waals surface area contributed by atoms with Gasteiger partial charge < -0.3 is 29.9 Å². The standard InChI is InChI=1S/C25H32N2O6/c1-2-3-10-21(29)27(15-16-7-6-13-32-16)19-14-18(25(31)26-11-12-28)22-17-8-4-5-9-20(17)33-24(22)23(19)30/h3-5,8-10,14,16,19,22-24,28,30H,2,6-7,11-13,15H2,1H3,(H,26,31)/t16-,19+,22-,23-,24-/m0/s1. The molecule has 0 radical (unpaired) electrons. The van der Waals surface area contributed by atoms with E-state index in [2.05, 4.69) is 5.32 Å². The third-order valence-corrected chi connectivity index (χ3v) is 6.44. The Balaban J connectivity index is 1.72. The van der Waals surface area contributed by atoms with Crippen LogP contribution < -0.4 is 10.1 Å². The molecule has 2 amide bonds. The van der Waals surface area contributed by atoms with Crippen LogP contribution >= 0.6 is 0 Å². The Morgan fingerprint density at radius 2 is 2.12 bits per heavy atom. The van der Waals surface area contributed by atoms with Crippen LogP contribution in [0.1, 0.15) is 37.7 Å². The Morgan fingerprint density at radius 3 is 2.85 bits per heavy atom. The van der Waals surface area contributed by atoms with Crippen LogP contribution in [0.3, 0.4) is 0 Å². The lowest BCUT2D eigenvalue weighted by Gasteiger charge is -2.41. The van der Waals surface area contributed by atoms with Crippen LogP contribution in [0.2, 0.25) is 0 Å². The van der Waals surface area contributed by atoms with Gasteiger partial charge in [-0.05, 0) is 37.5 Å². The summed E-state index contributed by atoms with van der Waals surface area (Å²) in [6.45, 7) is 2.85. The summed E-state index contributed by atoms with van der Waals surface area (Å²) in [4.78, 5) is 27.9. The summed E-state index contributed by atoms with van der Waals surface area (Å²) >= 11 is 0. The molecule has 0 aromatic heterocycles. The molecule has 1 aliphatic carbocycles. The zero-order valence-electron chi connectivity index (χ0n) is 18.9. The second kappa shape index (κ2) is 10.5. The van der Waals surface area contributed by atoms with E-state index < -0.39 is 24.2 Å². The normalized spacial score (nSPS) is 28.1. The lowest BCUT2D eigenvalue weighted by atomic mass is 9.77. The largest absolute Gasteiger partial charge is 0.486 e. The summed E-state index contributed by atoms with van der Waals surface area (Å²) in [7, 11) is 0. The van der Waals surface area contributed by atoms with E-state index in [9.17, 15) is 19.8 Å². The quantitative estimate of drug-likeness (QED) is 0.509. The van der Waals surface area contributed by atoms with Gasteiger partial charge in [-0.1, -0.05) is 31.2 Å². The van der Waals surface area contributed by atoms with Crippen LogP contribution in [0.4, 0.5) is 0 Å². The van der Waals surface area contributed by atoms with Crippen LogP contribution in [-0.2, 0) is 14.3 Å². The third kappa shape index (κ3) is 4.83. The highest BCUT2D eigenvalue weighted by Gasteiger charge is 2.50. The van der Waals surface area contributed by atoms with Gasteiger partial charge in [0.15, 0.2) is 0 Å². The number of carbonyl (C=O) groups excluding carboxylic acids is 2. The number of amides is 2. The molecule has 1 fully saturated rings. The van der Waals surface area contributed by atoms with E-state index in [1.165, 1.54) is 6.08 Å². The van der Waals surface area contributed by atoms with Crippen molar-refractivity contribution in [1.82, 2.24) is 10.2 Å². The van der Waals surface area contributed by atoms with Gasteiger partial charge >= 0.3 is 0 Å². The van der Waals surface area contributed by atoms with Crippen molar-refractivity contribution < 1.29 is 29.3 Å². The van der Waals surface area contributed by atoms with E-state index >= 15 is 0 Å². The average molecular weight is 457 g/mol. The minimum Gasteiger partial charge on any atom is -0.486 e. The number of hydrogen-bond acceptors (Lipinski definition) is 6. The fourth-order valence-electron chi connectivity index (χ4n) is 4.87. The molecule has 8 nitrogen and oxygen atoms in total. The number of aliphatic hydroxyl groups is 2. The average Bonchev–Trinajstić information content (AvgIpc) is 3.48. The van der Waals surface area contributed by atoms with Gasteiger partial charge in [0.25, 0.3) is 0 Å². The van der Waals surface area contributed by atoms with Gasteiger partial charge in [0, 0.05) is 30.8 Å². The molecule has 1 aromatic rings. The minimum absolute atomic E-state index is 0.112. The lowest BCUT2D eigenvalue weighted by Crippen LogP contribution is -2.56. The van der Waals surface area contributed by atoms with Gasteiger partial charge in [0.2, 0.25) is 11.8 Å². The van der Waals surface area contributed by atoms with Gasteiger partial charge in [-0.25, -0.2) is 0 Å². The summed E-state index contributed by atoms with van der Waals surface area (Å²) in [6.07, 6.45) is 5.61. The summed E-state index contributed by atoms with van der Waals surface area (Å²) in [6, 6.07) is 6.67. The number of hydrogen-bond donors (Lipinski definition) is 3. The van der Waals surface area contributed by atoms with Crippen molar-refractivity contribution in [3.63, 3.8) is 0 Å². The molecule has 3 aliphatic rings. The number of nitrogens with one attached hydrogen (secondary N) is 1. The lowest BCUT2D eigenvalue weighted by molar-refractivity contribution is -0.134. The number of allylic oxidation sites excluding steroid dienone is 1. The molecule has 0 saturated carbocycles. The molecule has 5 atom stereocenters. The first-order valence-corrected chi connectivity index (χ1v) is 11.7. The molecular weight excluding hydrogens is 424 g/mol. The van der Waals surface area contributed by atoms with Gasteiger partial charge in [0.05, 0.1) is 24.7 Å². The van der Waals surface area contributed by atoms with Crippen LogP contribution in [0.5, 0.6) is 5.75 Å². The van der Waals surface area contributed by atoms with Gasteiger partial charge in [-0.3, -0.25) is 9.59 Å². The molecule has 2 heterocycles. The molecule has 0 bridgehead atoms. The zero-order valence-corrected chi connectivity index (χ0v) is 18.9. The third-order valence-electron chi connectivity index (χ3n) is 6.44. The van der Waals surface area contributed by atoms with Crippen LogP contribution in [0.25, 0.3) is 0 Å². The number of aliphatic hydroxyl groups excluding tert-OH is 2. The Labute approximate surface area is 193 Å². The van der Waals surface area contributed by atoms with Crippen molar-refractivity contribution in [1.29, 1.82) is 0 Å². The van der Waals surface area contributed by atoms with E-state index in [1.807, 2.05) is 31.2 Å². The van der Waals surface area contributed by atoms with Gasteiger partial charge in [-0.2, -0.15) is 0 Å². The SMILES string of the molecule is CCC=CC(=O)N(C[C@@H]1CCCO1)[C@@H]1C=C(C(=O)NCCO)[C@@H]2c3ccccc3O[C@@H]2[C@H]1O. The van der Waals surface area contributed by atoms with Crippen molar-refractivity contribution in [3.05, 3.63) is 53.6 Å². The van der Waals surface area contributed by atoms with Crippen molar-refractivity contribution >= 4 is 11.8 Å². The minimum atomic E-state index is -1.03. The number of carbonyl (C=O) groups is 2. The molecule has 3 N–H and O–H groups in total. The first-order valence-electron chi connectivity index (χ1n) is 11.7. The first kappa shape index (κ1) is 23.5. The van der Waals surface area contributed by atoms with Gasteiger partial charge in [0.1, 0.15) is 18.0 Å². The van der Waals surface area contributed by atoms with E-state index in [-0.39, 0.29) is 31.1 Å². The Hall–Kier alpha value is -2.68. The number of fused-ring (bicyclic) bond motifs is 3. The Morgan fingerprint density at radius 1 is 1.30 bits per heavy atom. The predicted molar refractivity (Wildman–Crippen MR) is 122 cm³/mol. The highest BCUT2D eigenvalue weighted by atomic mass is 16.5. The Kier molecular flexibility index (Phi) is 7.47. The monoisotopic (exact) mass is 456 g/mol. The first-order chi connectivity index (χ1) is 16.0. The maximum atomic E-state index is 13.2.